The van der Waals surface area contributed by atoms with Crippen molar-refractivity contribution in [1.82, 2.24) is 15.1 Å². The van der Waals surface area contributed by atoms with Crippen LogP contribution in [-0.4, -0.2) is 53.0 Å². The molecule has 0 aliphatic carbocycles. The van der Waals surface area contributed by atoms with Crippen molar-refractivity contribution in [2.45, 2.75) is 38.6 Å². The Morgan fingerprint density at radius 3 is 2.73 bits per heavy atom. The molecular formula is C26H31N3O4. The molecule has 2 N–H and O–H groups in total. The van der Waals surface area contributed by atoms with E-state index in [-0.39, 0.29) is 17.7 Å². The number of hydrogen-bond donors (Lipinski definition) is 2. The van der Waals surface area contributed by atoms with Crippen LogP contribution in [0.3, 0.4) is 0 Å². The molecule has 0 saturated carbocycles. The Morgan fingerprint density at radius 2 is 1.94 bits per heavy atom. The van der Waals surface area contributed by atoms with E-state index in [4.69, 9.17) is 9.47 Å². The first-order chi connectivity index (χ1) is 16.2. The van der Waals surface area contributed by atoms with E-state index >= 15 is 0 Å². The Morgan fingerprint density at radius 1 is 1.09 bits per heavy atom. The molecule has 0 saturated heterocycles. The number of carbonyl (C=O) groups is 1. The molecule has 0 bridgehead atoms. The number of para-hydroxylation sites is 1. The number of fused-ring (bicyclic) bond motifs is 1. The molecule has 1 aliphatic heterocycles. The summed E-state index contributed by atoms with van der Waals surface area (Å²) in [4.78, 5) is 15.2. The zero-order valence-corrected chi connectivity index (χ0v) is 19.2. The number of carbonyl (C=O) groups excluding carboxylic acids is 1. The first-order valence-corrected chi connectivity index (χ1v) is 11.5. The van der Waals surface area contributed by atoms with Crippen LogP contribution in [0.25, 0.3) is 11.3 Å². The van der Waals surface area contributed by atoms with Gasteiger partial charge in [0.1, 0.15) is 22.9 Å². The molecule has 2 aromatic carbocycles. The van der Waals surface area contributed by atoms with Crippen molar-refractivity contribution in [3.05, 3.63) is 65.4 Å². The predicted molar refractivity (Wildman–Crippen MR) is 127 cm³/mol. The maximum absolute atomic E-state index is 13.4. The number of aromatic nitrogens is 2. The van der Waals surface area contributed by atoms with Gasteiger partial charge in [0.25, 0.3) is 5.91 Å². The maximum atomic E-state index is 13.4. The highest BCUT2D eigenvalue weighted by Gasteiger charge is 2.42. The maximum Gasteiger partial charge on any atom is 0.273 e. The third kappa shape index (κ3) is 4.73. The third-order valence-corrected chi connectivity index (χ3v) is 5.96. The minimum absolute atomic E-state index is 0.102. The number of ether oxygens (including phenoxy) is 2. The lowest BCUT2D eigenvalue weighted by atomic mass is 9.95. The third-order valence-electron chi connectivity index (χ3n) is 5.96. The van der Waals surface area contributed by atoms with E-state index in [0.717, 1.165) is 42.6 Å². The average molecular weight is 450 g/mol. The second-order valence-corrected chi connectivity index (χ2v) is 8.25. The summed E-state index contributed by atoms with van der Waals surface area (Å²) >= 11 is 0. The minimum Gasteiger partial charge on any atom is -0.507 e. The molecule has 0 radical (unpaired) electrons. The molecule has 1 amide bonds. The SMILES string of the molecule is CCCCCOc1cccc([C@@H]2c3c(-c4ccccc4O)n[nH]c3C(=O)N2CCCOC)c1. The topological polar surface area (TPSA) is 87.7 Å². The van der Waals surface area contributed by atoms with Crippen molar-refractivity contribution >= 4 is 5.91 Å². The molecule has 2 heterocycles. The van der Waals surface area contributed by atoms with Crippen molar-refractivity contribution in [2.24, 2.45) is 0 Å². The summed E-state index contributed by atoms with van der Waals surface area (Å²) in [7, 11) is 1.66. The van der Waals surface area contributed by atoms with Gasteiger partial charge in [0.05, 0.1) is 12.6 Å². The van der Waals surface area contributed by atoms with E-state index in [1.54, 1.807) is 19.2 Å². The summed E-state index contributed by atoms with van der Waals surface area (Å²) in [5, 5.41) is 17.8. The van der Waals surface area contributed by atoms with Gasteiger partial charge in [0.15, 0.2) is 0 Å². The molecule has 0 spiro atoms. The predicted octanol–water partition coefficient (Wildman–Crippen LogP) is 4.93. The van der Waals surface area contributed by atoms with Crippen LogP contribution in [0.1, 0.15) is 60.3 Å². The number of methoxy groups -OCH3 is 1. The molecule has 1 aliphatic rings. The number of phenolic OH excluding ortho intramolecular Hbond substituents is 1. The number of hydrogen-bond acceptors (Lipinski definition) is 5. The van der Waals surface area contributed by atoms with Gasteiger partial charge >= 0.3 is 0 Å². The summed E-state index contributed by atoms with van der Waals surface area (Å²) in [5.41, 5.74) is 3.38. The molecule has 0 fully saturated rings. The van der Waals surface area contributed by atoms with Crippen LogP contribution in [0.15, 0.2) is 48.5 Å². The smallest absolute Gasteiger partial charge is 0.273 e. The Labute approximate surface area is 194 Å². The molecule has 4 rings (SSSR count). The number of aromatic hydroxyl groups is 1. The highest BCUT2D eigenvalue weighted by molar-refractivity contribution is 6.00. The van der Waals surface area contributed by atoms with Gasteiger partial charge in [-0.1, -0.05) is 44.0 Å². The van der Waals surface area contributed by atoms with Gasteiger partial charge in [0.2, 0.25) is 0 Å². The van der Waals surface area contributed by atoms with E-state index in [1.807, 2.05) is 41.3 Å². The van der Waals surface area contributed by atoms with Crippen molar-refractivity contribution in [1.29, 1.82) is 0 Å². The Kier molecular flexibility index (Phi) is 7.29. The highest BCUT2D eigenvalue weighted by atomic mass is 16.5. The Hall–Kier alpha value is -3.32. The number of nitrogens with zero attached hydrogens (tertiary/aromatic N) is 2. The number of phenols is 1. The summed E-state index contributed by atoms with van der Waals surface area (Å²) in [6, 6.07) is 14.6. The van der Waals surface area contributed by atoms with Crippen molar-refractivity contribution in [3.8, 4) is 22.8 Å². The summed E-state index contributed by atoms with van der Waals surface area (Å²) in [6.45, 7) is 3.94. The number of nitrogens with one attached hydrogen (secondary N) is 1. The fraction of sp³-hybridized carbons (Fsp3) is 0.385. The van der Waals surface area contributed by atoms with Crippen LogP contribution in [0, 0.1) is 0 Å². The molecule has 0 unspecified atom stereocenters. The lowest BCUT2D eigenvalue weighted by Crippen LogP contribution is -2.31. The quantitative estimate of drug-likeness (QED) is 0.405. The zero-order valence-electron chi connectivity index (χ0n) is 19.2. The van der Waals surface area contributed by atoms with Gasteiger partial charge in [-0.2, -0.15) is 5.10 Å². The van der Waals surface area contributed by atoms with Gasteiger partial charge < -0.3 is 19.5 Å². The van der Waals surface area contributed by atoms with Crippen LogP contribution in [0.2, 0.25) is 0 Å². The summed E-state index contributed by atoms with van der Waals surface area (Å²) < 4.78 is 11.2. The molecular weight excluding hydrogens is 418 g/mol. The highest BCUT2D eigenvalue weighted by Crippen LogP contribution is 2.44. The van der Waals surface area contributed by atoms with Gasteiger partial charge in [-0.05, 0) is 42.7 Å². The van der Waals surface area contributed by atoms with E-state index in [1.165, 1.54) is 0 Å². The zero-order chi connectivity index (χ0) is 23.2. The van der Waals surface area contributed by atoms with Crippen molar-refractivity contribution < 1.29 is 19.4 Å². The Balaban J connectivity index is 1.73. The van der Waals surface area contributed by atoms with Crippen molar-refractivity contribution in [3.63, 3.8) is 0 Å². The van der Waals surface area contributed by atoms with Gasteiger partial charge in [-0.3, -0.25) is 9.89 Å². The molecule has 33 heavy (non-hydrogen) atoms. The number of amides is 1. The van der Waals surface area contributed by atoms with Crippen LogP contribution in [0.5, 0.6) is 11.5 Å². The average Bonchev–Trinajstić information content (AvgIpc) is 3.36. The first-order valence-electron chi connectivity index (χ1n) is 11.5. The number of rotatable bonds is 11. The summed E-state index contributed by atoms with van der Waals surface area (Å²) in [6.07, 6.45) is 4.00. The van der Waals surface area contributed by atoms with Crippen LogP contribution in [0.4, 0.5) is 0 Å². The normalized spacial score (nSPS) is 15.2. The second-order valence-electron chi connectivity index (χ2n) is 8.25. The largest absolute Gasteiger partial charge is 0.507 e. The number of aromatic amines is 1. The fourth-order valence-electron chi connectivity index (χ4n) is 4.35. The fourth-order valence-corrected chi connectivity index (χ4v) is 4.35. The first kappa shape index (κ1) is 22.9. The Bertz CT molecular complexity index is 1090. The molecule has 1 atom stereocenters. The second kappa shape index (κ2) is 10.5. The number of benzene rings is 2. The van der Waals surface area contributed by atoms with E-state index < -0.39 is 0 Å². The molecule has 1 aromatic heterocycles. The molecule has 174 valence electrons. The lowest BCUT2D eigenvalue weighted by molar-refractivity contribution is 0.0723. The van der Waals surface area contributed by atoms with E-state index in [9.17, 15) is 9.90 Å². The van der Waals surface area contributed by atoms with Crippen LogP contribution >= 0.6 is 0 Å². The van der Waals surface area contributed by atoms with Gasteiger partial charge in [-0.25, -0.2) is 0 Å². The molecule has 7 nitrogen and oxygen atoms in total. The monoisotopic (exact) mass is 449 g/mol. The molecule has 7 heteroatoms. The van der Waals surface area contributed by atoms with E-state index in [2.05, 4.69) is 17.1 Å². The van der Waals surface area contributed by atoms with Crippen LogP contribution in [-0.2, 0) is 4.74 Å². The molecule has 3 aromatic rings. The summed E-state index contributed by atoms with van der Waals surface area (Å²) in [5.74, 6) is 0.812. The van der Waals surface area contributed by atoms with Gasteiger partial charge in [-0.15, -0.1) is 0 Å². The van der Waals surface area contributed by atoms with E-state index in [0.29, 0.717) is 36.7 Å². The lowest BCUT2D eigenvalue weighted by Gasteiger charge is -2.26. The number of H-pyrrole nitrogens is 1. The standard InChI is InChI=1S/C26H31N3O4/c1-3-4-7-16-33-19-11-8-10-18(17-19)25-22-23(20-12-5-6-13-21(20)30)27-28-24(22)26(31)29(25)14-9-15-32-2/h5-6,8,10-13,17,25,30H,3-4,7,9,14-16H2,1-2H3,(H,27,28)/t25-/m1/s1. The van der Waals surface area contributed by atoms with Crippen molar-refractivity contribution in [2.75, 3.05) is 26.9 Å². The number of unbranched alkanes of at least 4 members (excludes halogenated alkanes) is 2. The minimum atomic E-state index is -0.336. The van der Waals surface area contributed by atoms with Crippen LogP contribution < -0.4 is 4.74 Å². The van der Waals surface area contributed by atoms with Gasteiger partial charge in [0, 0.05) is 31.4 Å².